The predicted octanol–water partition coefficient (Wildman–Crippen LogP) is 3.89. The summed E-state index contributed by atoms with van der Waals surface area (Å²) in [5.41, 5.74) is 2.39. The lowest BCUT2D eigenvalue weighted by Crippen LogP contribution is -1.81. The van der Waals surface area contributed by atoms with Gasteiger partial charge in [-0.2, -0.15) is 5.26 Å². The van der Waals surface area contributed by atoms with Crippen molar-refractivity contribution in [3.05, 3.63) is 60.3 Å². The van der Waals surface area contributed by atoms with Gasteiger partial charge in [0.05, 0.1) is 24.9 Å². The number of benzene rings is 2. The molecule has 0 bridgehead atoms. The van der Waals surface area contributed by atoms with Crippen LogP contribution >= 0.6 is 0 Å². The minimum Gasteiger partial charge on any atom is -0.497 e. The van der Waals surface area contributed by atoms with Crippen LogP contribution in [-0.2, 0) is 0 Å². The lowest BCUT2D eigenvalue weighted by atomic mass is 10.1. The zero-order chi connectivity index (χ0) is 14.7. The topological polar surface area (TPSA) is 59.0 Å². The van der Waals surface area contributed by atoms with Gasteiger partial charge in [-0.25, -0.2) is 4.98 Å². The van der Waals surface area contributed by atoms with E-state index in [-0.39, 0.29) is 0 Å². The maximum atomic E-state index is 8.80. The molecular formula is C17H12N2O2. The largest absolute Gasteiger partial charge is 0.497 e. The van der Waals surface area contributed by atoms with Gasteiger partial charge in [-0.1, -0.05) is 0 Å². The first-order valence-electron chi connectivity index (χ1n) is 6.41. The number of oxazole rings is 1. The molecule has 0 saturated heterocycles. The number of ether oxygens (including phenoxy) is 1. The molecule has 0 radical (unpaired) electrons. The highest BCUT2D eigenvalue weighted by Gasteiger charge is 2.08. The van der Waals surface area contributed by atoms with Crippen LogP contribution < -0.4 is 4.74 Å². The van der Waals surface area contributed by atoms with Crippen molar-refractivity contribution in [3.63, 3.8) is 0 Å². The highest BCUT2D eigenvalue weighted by atomic mass is 16.5. The van der Waals surface area contributed by atoms with Gasteiger partial charge in [-0.15, -0.1) is 0 Å². The second-order valence-electron chi connectivity index (χ2n) is 4.45. The van der Waals surface area contributed by atoms with Crippen molar-refractivity contribution in [2.75, 3.05) is 7.11 Å². The van der Waals surface area contributed by atoms with Gasteiger partial charge >= 0.3 is 0 Å². The molecule has 1 aromatic heterocycles. The molecule has 0 fully saturated rings. The van der Waals surface area contributed by atoms with Crippen LogP contribution in [0.1, 0.15) is 5.56 Å². The van der Waals surface area contributed by atoms with Crippen molar-refractivity contribution in [2.24, 2.45) is 0 Å². The van der Waals surface area contributed by atoms with Gasteiger partial charge in [-0.05, 0) is 48.5 Å². The Morgan fingerprint density at radius 2 is 1.67 bits per heavy atom. The van der Waals surface area contributed by atoms with Crippen LogP contribution in [0, 0.1) is 11.3 Å². The summed E-state index contributed by atoms with van der Waals surface area (Å²) in [6.45, 7) is 0. The number of hydrogen-bond acceptors (Lipinski definition) is 4. The van der Waals surface area contributed by atoms with Gasteiger partial charge in [0.1, 0.15) is 5.75 Å². The Kier molecular flexibility index (Phi) is 3.40. The molecule has 0 spiro atoms. The Morgan fingerprint density at radius 1 is 1.00 bits per heavy atom. The molecule has 0 atom stereocenters. The molecule has 4 nitrogen and oxygen atoms in total. The molecule has 3 aromatic rings. The third kappa shape index (κ3) is 2.63. The first-order chi connectivity index (χ1) is 10.3. The number of aromatic nitrogens is 1. The average molecular weight is 276 g/mol. The molecule has 3 rings (SSSR count). The Labute approximate surface area is 122 Å². The quantitative estimate of drug-likeness (QED) is 0.728. The highest BCUT2D eigenvalue weighted by molar-refractivity contribution is 5.62. The fourth-order valence-electron chi connectivity index (χ4n) is 1.98. The fourth-order valence-corrected chi connectivity index (χ4v) is 1.98. The summed E-state index contributed by atoms with van der Waals surface area (Å²) in [6, 6.07) is 16.8. The van der Waals surface area contributed by atoms with E-state index >= 15 is 0 Å². The van der Waals surface area contributed by atoms with E-state index < -0.39 is 0 Å². The summed E-state index contributed by atoms with van der Waals surface area (Å²) in [6.07, 6.45) is 1.69. The van der Waals surface area contributed by atoms with Gasteiger partial charge in [0, 0.05) is 11.1 Å². The van der Waals surface area contributed by atoms with Crippen LogP contribution in [-0.4, -0.2) is 12.1 Å². The fraction of sp³-hybridized carbons (Fsp3) is 0.0588. The molecule has 0 aliphatic rings. The van der Waals surface area contributed by atoms with E-state index in [0.29, 0.717) is 17.2 Å². The Balaban J connectivity index is 1.89. The summed E-state index contributed by atoms with van der Waals surface area (Å²) in [7, 11) is 1.63. The summed E-state index contributed by atoms with van der Waals surface area (Å²) in [4.78, 5) is 4.28. The Morgan fingerprint density at radius 3 is 2.29 bits per heavy atom. The van der Waals surface area contributed by atoms with Crippen molar-refractivity contribution in [2.45, 2.75) is 0 Å². The number of nitriles is 1. The van der Waals surface area contributed by atoms with Crippen molar-refractivity contribution in [1.82, 2.24) is 4.98 Å². The van der Waals surface area contributed by atoms with Crippen molar-refractivity contribution < 1.29 is 9.15 Å². The van der Waals surface area contributed by atoms with E-state index in [1.165, 1.54) is 0 Å². The molecule has 0 aliphatic heterocycles. The van der Waals surface area contributed by atoms with Crippen molar-refractivity contribution >= 4 is 0 Å². The molecule has 0 saturated carbocycles. The van der Waals surface area contributed by atoms with Gasteiger partial charge in [0.2, 0.25) is 5.89 Å². The van der Waals surface area contributed by atoms with Crippen LogP contribution in [0.2, 0.25) is 0 Å². The number of hydrogen-bond donors (Lipinski definition) is 0. The van der Waals surface area contributed by atoms with Crippen LogP contribution in [0.3, 0.4) is 0 Å². The van der Waals surface area contributed by atoms with Crippen LogP contribution in [0.5, 0.6) is 5.75 Å². The molecule has 4 heteroatoms. The molecular weight excluding hydrogens is 264 g/mol. The SMILES string of the molecule is COc1ccc(-c2cnc(-c3ccc(C#N)cc3)o2)cc1. The summed E-state index contributed by atoms with van der Waals surface area (Å²) in [5, 5.41) is 8.80. The second-order valence-corrected chi connectivity index (χ2v) is 4.45. The van der Waals surface area contributed by atoms with Crippen LogP contribution in [0.25, 0.3) is 22.8 Å². The predicted molar refractivity (Wildman–Crippen MR) is 78.6 cm³/mol. The zero-order valence-corrected chi connectivity index (χ0v) is 11.4. The number of nitrogens with zero attached hydrogens (tertiary/aromatic N) is 2. The van der Waals surface area contributed by atoms with Crippen molar-refractivity contribution in [1.29, 1.82) is 5.26 Å². The molecule has 0 amide bonds. The van der Waals surface area contributed by atoms with Gasteiger partial charge in [0.15, 0.2) is 5.76 Å². The summed E-state index contributed by atoms with van der Waals surface area (Å²) in [5.74, 6) is 2.02. The van der Waals surface area contributed by atoms with E-state index in [2.05, 4.69) is 11.1 Å². The lowest BCUT2D eigenvalue weighted by Gasteiger charge is -2.00. The normalized spacial score (nSPS) is 10.1. The van der Waals surface area contributed by atoms with E-state index in [1.807, 2.05) is 36.4 Å². The molecule has 0 aliphatic carbocycles. The standard InChI is InChI=1S/C17H12N2O2/c1-20-15-8-6-13(7-9-15)16-11-19-17(21-16)14-4-2-12(10-18)3-5-14/h2-9,11H,1H3. The maximum Gasteiger partial charge on any atom is 0.226 e. The monoisotopic (exact) mass is 276 g/mol. The summed E-state index contributed by atoms with van der Waals surface area (Å²) < 4.78 is 10.9. The van der Waals surface area contributed by atoms with Crippen LogP contribution in [0.4, 0.5) is 0 Å². The van der Waals surface area contributed by atoms with Gasteiger partial charge in [0.25, 0.3) is 0 Å². The van der Waals surface area contributed by atoms with Gasteiger partial charge in [-0.3, -0.25) is 0 Å². The van der Waals surface area contributed by atoms with Crippen LogP contribution in [0.15, 0.2) is 59.1 Å². The number of methoxy groups -OCH3 is 1. The lowest BCUT2D eigenvalue weighted by molar-refractivity contribution is 0.415. The first kappa shape index (κ1) is 12.9. The molecule has 21 heavy (non-hydrogen) atoms. The molecule has 1 heterocycles. The Bertz CT molecular complexity index is 781. The minimum absolute atomic E-state index is 0.533. The van der Waals surface area contributed by atoms with E-state index in [4.69, 9.17) is 14.4 Å². The zero-order valence-electron chi connectivity index (χ0n) is 11.4. The third-order valence-corrected chi connectivity index (χ3v) is 3.14. The Hall–Kier alpha value is -3.06. The molecule has 0 N–H and O–H groups in total. The number of rotatable bonds is 3. The van der Waals surface area contributed by atoms with E-state index in [1.54, 1.807) is 25.4 Å². The molecule has 0 unspecified atom stereocenters. The maximum absolute atomic E-state index is 8.80. The van der Waals surface area contributed by atoms with Gasteiger partial charge < -0.3 is 9.15 Å². The third-order valence-electron chi connectivity index (χ3n) is 3.14. The minimum atomic E-state index is 0.533. The summed E-state index contributed by atoms with van der Waals surface area (Å²) >= 11 is 0. The van der Waals surface area contributed by atoms with E-state index in [0.717, 1.165) is 16.9 Å². The first-order valence-corrected chi connectivity index (χ1v) is 6.41. The highest BCUT2D eigenvalue weighted by Crippen LogP contribution is 2.27. The molecule has 2 aromatic carbocycles. The molecule has 102 valence electrons. The second kappa shape index (κ2) is 5.51. The van der Waals surface area contributed by atoms with Crippen molar-refractivity contribution in [3.8, 4) is 34.6 Å². The van der Waals surface area contributed by atoms with E-state index in [9.17, 15) is 0 Å². The smallest absolute Gasteiger partial charge is 0.226 e. The average Bonchev–Trinajstić information content (AvgIpc) is 3.05.